The molecule has 9 heteroatoms. The van der Waals surface area contributed by atoms with Crippen LogP contribution in [0.2, 0.25) is 0 Å². The summed E-state index contributed by atoms with van der Waals surface area (Å²) in [6, 6.07) is 3.89. The highest BCUT2D eigenvalue weighted by Gasteiger charge is 2.54. The van der Waals surface area contributed by atoms with Gasteiger partial charge in [0.1, 0.15) is 5.82 Å². The average Bonchev–Trinajstić information content (AvgIpc) is 3.04. The quantitative estimate of drug-likeness (QED) is 0.537. The summed E-state index contributed by atoms with van der Waals surface area (Å²) in [6.07, 6.45) is 4.39. The minimum Gasteiger partial charge on any atom is -0.330 e. The predicted octanol–water partition coefficient (Wildman–Crippen LogP) is 4.48. The zero-order valence-corrected chi connectivity index (χ0v) is 17.6. The van der Waals surface area contributed by atoms with Crippen LogP contribution in [0.3, 0.4) is 0 Å². The van der Waals surface area contributed by atoms with E-state index in [4.69, 9.17) is 5.73 Å². The average molecular weight is 446 g/mol. The zero-order chi connectivity index (χ0) is 21.5. The molecule has 1 aromatic rings. The summed E-state index contributed by atoms with van der Waals surface area (Å²) in [6.45, 7) is 3.76. The van der Waals surface area contributed by atoms with Crippen LogP contribution in [0.25, 0.3) is 0 Å². The van der Waals surface area contributed by atoms with Gasteiger partial charge in [-0.1, -0.05) is 6.07 Å². The minimum absolute atomic E-state index is 0.118. The molecule has 30 heavy (non-hydrogen) atoms. The predicted molar refractivity (Wildman–Crippen MR) is 107 cm³/mol. The lowest BCUT2D eigenvalue weighted by Gasteiger charge is -2.59. The number of carbonyl (C=O) groups excluding carboxylic acids is 1. The van der Waals surface area contributed by atoms with Crippen LogP contribution in [0, 0.1) is 23.1 Å². The highest BCUT2D eigenvalue weighted by molar-refractivity contribution is 8.00. The molecule has 1 aromatic carbocycles. The Balaban J connectivity index is 1.22. The summed E-state index contributed by atoms with van der Waals surface area (Å²) in [5, 5.41) is 0. The second kappa shape index (κ2) is 8.22. The minimum atomic E-state index is -4.41. The molecule has 166 valence electrons. The van der Waals surface area contributed by atoms with E-state index in [2.05, 4.69) is 0 Å². The Labute approximate surface area is 178 Å². The van der Waals surface area contributed by atoms with Crippen LogP contribution in [0.1, 0.15) is 31.2 Å². The molecule has 2 heterocycles. The second-order valence-electron chi connectivity index (χ2n) is 9.10. The first-order chi connectivity index (χ1) is 14.2. The van der Waals surface area contributed by atoms with Gasteiger partial charge < -0.3 is 15.5 Å². The molecule has 0 radical (unpaired) electrons. The number of halogens is 4. The molecule has 1 aliphatic carbocycles. The topological polar surface area (TPSA) is 49.6 Å². The van der Waals surface area contributed by atoms with Crippen molar-refractivity contribution >= 4 is 17.8 Å². The molecule has 4 nitrogen and oxygen atoms in total. The van der Waals surface area contributed by atoms with Gasteiger partial charge in [0.2, 0.25) is 0 Å². The van der Waals surface area contributed by atoms with Crippen molar-refractivity contribution in [1.29, 1.82) is 0 Å². The molecule has 2 amide bonds. The molecule has 4 rings (SSSR count). The van der Waals surface area contributed by atoms with Crippen molar-refractivity contribution in [3.63, 3.8) is 0 Å². The summed E-state index contributed by atoms with van der Waals surface area (Å²) in [5.74, 6) is 0.258. The molecule has 0 unspecified atom stereocenters. The molecule has 0 aromatic heterocycles. The number of carbonyl (C=O) groups is 1. The van der Waals surface area contributed by atoms with Gasteiger partial charge in [0.15, 0.2) is 0 Å². The highest BCUT2D eigenvalue weighted by Crippen LogP contribution is 2.53. The third kappa shape index (κ3) is 4.72. The normalized spacial score (nSPS) is 23.6. The van der Waals surface area contributed by atoms with Crippen molar-refractivity contribution in [2.24, 2.45) is 23.0 Å². The van der Waals surface area contributed by atoms with Gasteiger partial charge in [-0.3, -0.25) is 0 Å². The summed E-state index contributed by atoms with van der Waals surface area (Å²) >= 11 is -0.297. The van der Waals surface area contributed by atoms with Crippen molar-refractivity contribution in [1.82, 2.24) is 9.80 Å². The first kappa shape index (κ1) is 21.7. The first-order valence-electron chi connectivity index (χ1n) is 10.4. The molecule has 1 spiro atoms. The number of rotatable bonds is 5. The lowest BCUT2D eigenvalue weighted by atomic mass is 9.56. The van der Waals surface area contributed by atoms with Crippen LogP contribution < -0.4 is 5.73 Å². The van der Waals surface area contributed by atoms with Gasteiger partial charge >= 0.3 is 11.5 Å². The van der Waals surface area contributed by atoms with E-state index in [1.165, 1.54) is 12.1 Å². The van der Waals surface area contributed by atoms with Crippen LogP contribution in [-0.2, 0) is 6.42 Å². The van der Waals surface area contributed by atoms with E-state index in [1.807, 2.05) is 9.80 Å². The molecule has 2 aliphatic heterocycles. The van der Waals surface area contributed by atoms with Gasteiger partial charge in [0, 0.05) is 36.5 Å². The highest BCUT2D eigenvalue weighted by atomic mass is 32.2. The standard InChI is InChI=1S/C21H27F4N3OS/c22-18-8-17(30-21(23,24)25)2-1-16(18)7-15-9-20(10-15)12-28(13-20)19(29)27-6-4-14(11-27)3-5-26/h1-2,8,14-15H,3-7,9-13,26H2/t14-/m0/s1. The van der Waals surface area contributed by atoms with E-state index in [1.54, 1.807) is 0 Å². The van der Waals surface area contributed by atoms with Crippen LogP contribution in [0.15, 0.2) is 23.1 Å². The Bertz CT molecular complexity index is 789. The molecule has 2 N–H and O–H groups in total. The monoisotopic (exact) mass is 445 g/mol. The summed E-state index contributed by atoms with van der Waals surface area (Å²) < 4.78 is 51.5. The first-order valence-corrected chi connectivity index (χ1v) is 11.3. The molecule has 3 fully saturated rings. The third-order valence-corrected chi connectivity index (χ3v) is 7.39. The van der Waals surface area contributed by atoms with E-state index < -0.39 is 11.3 Å². The van der Waals surface area contributed by atoms with Gasteiger partial charge in [-0.25, -0.2) is 9.18 Å². The molecular formula is C21H27F4N3OS. The van der Waals surface area contributed by atoms with E-state index in [0.717, 1.165) is 57.9 Å². The third-order valence-electron chi connectivity index (χ3n) is 6.66. The van der Waals surface area contributed by atoms with E-state index in [0.29, 0.717) is 30.4 Å². The summed E-state index contributed by atoms with van der Waals surface area (Å²) in [4.78, 5) is 16.4. The fourth-order valence-corrected chi connectivity index (χ4v) is 5.91. The molecule has 1 saturated carbocycles. The van der Waals surface area contributed by atoms with Gasteiger partial charge in [0.25, 0.3) is 0 Å². The molecular weight excluding hydrogens is 418 g/mol. The maximum Gasteiger partial charge on any atom is 0.446 e. The van der Waals surface area contributed by atoms with E-state index in [9.17, 15) is 22.4 Å². The fourth-order valence-electron chi connectivity index (χ4n) is 5.35. The summed E-state index contributed by atoms with van der Waals surface area (Å²) in [5.41, 5.74) is 1.82. The van der Waals surface area contributed by atoms with Crippen molar-refractivity contribution < 1.29 is 22.4 Å². The number of nitrogens with zero attached hydrogens (tertiary/aromatic N) is 2. The van der Waals surface area contributed by atoms with Gasteiger partial charge in [-0.15, -0.1) is 0 Å². The van der Waals surface area contributed by atoms with Crippen LogP contribution in [0.5, 0.6) is 0 Å². The molecule has 1 atom stereocenters. The number of benzene rings is 1. The van der Waals surface area contributed by atoms with Gasteiger partial charge in [0.05, 0.1) is 0 Å². The van der Waals surface area contributed by atoms with Crippen LogP contribution in [-0.4, -0.2) is 54.1 Å². The number of hydrogen-bond donors (Lipinski definition) is 1. The smallest absolute Gasteiger partial charge is 0.330 e. The van der Waals surface area contributed by atoms with Crippen molar-refractivity contribution in [3.05, 3.63) is 29.6 Å². The van der Waals surface area contributed by atoms with Crippen LogP contribution in [0.4, 0.5) is 22.4 Å². The lowest BCUT2D eigenvalue weighted by Crippen LogP contribution is -2.65. The van der Waals surface area contributed by atoms with Crippen molar-refractivity contribution in [2.75, 3.05) is 32.7 Å². The van der Waals surface area contributed by atoms with Crippen LogP contribution >= 0.6 is 11.8 Å². The van der Waals surface area contributed by atoms with E-state index >= 15 is 0 Å². The second-order valence-corrected chi connectivity index (χ2v) is 10.2. The Morgan fingerprint density at radius 3 is 2.57 bits per heavy atom. The Kier molecular flexibility index (Phi) is 5.96. The fraction of sp³-hybridized carbons (Fsp3) is 0.667. The Hall–Kier alpha value is -1.48. The number of nitrogens with two attached hydrogens (primary N) is 1. The SMILES string of the molecule is NCC[C@H]1CCN(C(=O)N2CC3(CC(Cc4ccc(SC(F)(F)F)cc4F)C3)C2)C1. The van der Waals surface area contributed by atoms with E-state index in [-0.39, 0.29) is 28.1 Å². The number of hydrogen-bond acceptors (Lipinski definition) is 3. The lowest BCUT2D eigenvalue weighted by molar-refractivity contribution is -0.0756. The zero-order valence-electron chi connectivity index (χ0n) is 16.8. The largest absolute Gasteiger partial charge is 0.446 e. The van der Waals surface area contributed by atoms with Crippen molar-refractivity contribution in [3.8, 4) is 0 Å². The number of amides is 2. The number of likely N-dealkylation sites (tertiary alicyclic amines) is 2. The number of urea groups is 1. The molecule has 2 saturated heterocycles. The van der Waals surface area contributed by atoms with Gasteiger partial charge in [-0.05, 0) is 79.9 Å². The van der Waals surface area contributed by atoms with Gasteiger partial charge in [-0.2, -0.15) is 13.2 Å². The Morgan fingerprint density at radius 2 is 1.93 bits per heavy atom. The maximum absolute atomic E-state index is 14.2. The molecule has 0 bridgehead atoms. The Morgan fingerprint density at radius 1 is 1.20 bits per heavy atom. The summed E-state index contributed by atoms with van der Waals surface area (Å²) in [7, 11) is 0. The number of alkyl halides is 3. The maximum atomic E-state index is 14.2. The number of thioether (sulfide) groups is 1. The van der Waals surface area contributed by atoms with Crippen molar-refractivity contribution in [2.45, 2.75) is 42.5 Å². The molecule has 3 aliphatic rings.